The highest BCUT2D eigenvalue weighted by molar-refractivity contribution is 6.35. The van der Waals surface area contributed by atoms with Crippen LogP contribution in [0.4, 0.5) is 5.69 Å². The van der Waals surface area contributed by atoms with Crippen LogP contribution in [0.1, 0.15) is 24.5 Å². The van der Waals surface area contributed by atoms with Crippen LogP contribution in [-0.4, -0.2) is 65.0 Å². The molecule has 2 N–H and O–H groups in total. The number of hydrogen-bond acceptors (Lipinski definition) is 5. The molecule has 0 radical (unpaired) electrons. The Morgan fingerprint density at radius 3 is 2.46 bits per heavy atom. The van der Waals surface area contributed by atoms with Crippen molar-refractivity contribution in [2.24, 2.45) is 0 Å². The number of likely N-dealkylation sites (tertiary alicyclic amines) is 1. The SMILES string of the molecule is CC(C(=O)Nc1cc(Cl)cc(Cl)c1)N(CCc1ccc(-c2cccc(C#N)c2)cc1)C(=O)CN1CC[C@H](O)C1. The monoisotopic (exact) mass is 564 g/mol. The van der Waals surface area contributed by atoms with Gasteiger partial charge in [0.25, 0.3) is 0 Å². The molecular formula is C30H30Cl2N4O3. The number of benzene rings is 3. The lowest BCUT2D eigenvalue weighted by Gasteiger charge is -2.30. The van der Waals surface area contributed by atoms with Gasteiger partial charge in [-0.2, -0.15) is 5.26 Å². The summed E-state index contributed by atoms with van der Waals surface area (Å²) in [5.41, 5.74) is 4.01. The summed E-state index contributed by atoms with van der Waals surface area (Å²) < 4.78 is 0. The Bertz CT molecular complexity index is 1350. The van der Waals surface area contributed by atoms with Gasteiger partial charge in [-0.25, -0.2) is 0 Å². The molecule has 0 aliphatic carbocycles. The third-order valence-electron chi connectivity index (χ3n) is 6.82. The molecule has 1 fully saturated rings. The number of anilines is 1. The van der Waals surface area contributed by atoms with Gasteiger partial charge in [-0.05, 0) is 66.8 Å². The molecule has 1 aliphatic rings. The van der Waals surface area contributed by atoms with Crippen LogP contribution in [0.2, 0.25) is 10.0 Å². The first-order chi connectivity index (χ1) is 18.7. The van der Waals surface area contributed by atoms with Crippen molar-refractivity contribution in [3.63, 3.8) is 0 Å². The normalized spacial score (nSPS) is 15.9. The minimum Gasteiger partial charge on any atom is -0.392 e. The van der Waals surface area contributed by atoms with E-state index in [2.05, 4.69) is 11.4 Å². The minimum atomic E-state index is -0.754. The maximum atomic E-state index is 13.4. The van der Waals surface area contributed by atoms with Crippen LogP contribution in [0.3, 0.4) is 0 Å². The van der Waals surface area contributed by atoms with E-state index < -0.39 is 12.1 Å². The van der Waals surface area contributed by atoms with E-state index in [4.69, 9.17) is 23.2 Å². The summed E-state index contributed by atoms with van der Waals surface area (Å²) in [6, 6.07) is 21.6. The van der Waals surface area contributed by atoms with E-state index in [9.17, 15) is 20.0 Å². The number of nitrogens with one attached hydrogen (secondary N) is 1. The lowest BCUT2D eigenvalue weighted by atomic mass is 10.0. The zero-order valence-corrected chi connectivity index (χ0v) is 23.1. The Balaban J connectivity index is 1.47. The fourth-order valence-corrected chi connectivity index (χ4v) is 5.19. The molecule has 3 aromatic rings. The predicted octanol–water partition coefficient (Wildman–Crippen LogP) is 5.00. The maximum absolute atomic E-state index is 13.4. The van der Waals surface area contributed by atoms with Crippen molar-refractivity contribution in [2.75, 3.05) is 31.5 Å². The Morgan fingerprint density at radius 2 is 1.82 bits per heavy atom. The Labute approximate surface area is 238 Å². The maximum Gasteiger partial charge on any atom is 0.246 e. The predicted molar refractivity (Wildman–Crippen MR) is 154 cm³/mol. The molecule has 1 aliphatic heterocycles. The molecule has 1 heterocycles. The summed E-state index contributed by atoms with van der Waals surface area (Å²) >= 11 is 12.2. The summed E-state index contributed by atoms with van der Waals surface area (Å²) in [4.78, 5) is 30.0. The molecule has 1 saturated heterocycles. The number of β-amino-alcohol motifs (C(OH)–C–C–N with tert-alkyl or cyclic N) is 1. The molecule has 202 valence electrons. The van der Waals surface area contributed by atoms with Crippen molar-refractivity contribution in [3.05, 3.63) is 87.9 Å². The van der Waals surface area contributed by atoms with Crippen molar-refractivity contribution < 1.29 is 14.7 Å². The average molecular weight is 566 g/mol. The first kappa shape index (κ1) is 28.6. The zero-order valence-electron chi connectivity index (χ0n) is 21.6. The number of amides is 2. The van der Waals surface area contributed by atoms with E-state index in [1.54, 1.807) is 36.1 Å². The first-order valence-electron chi connectivity index (χ1n) is 12.8. The standard InChI is InChI=1S/C30H30Cl2N4O3/c1-20(30(39)34-27-15-25(31)14-26(32)16-27)36(29(38)19-35-11-10-28(37)18-35)12-9-21-5-7-23(8-6-21)24-4-2-3-22(13-24)17-33/h2-8,13-16,20,28,37H,9-12,18-19H2,1H3,(H,34,39)/t20?,28-/m0/s1. The number of carbonyl (C=O) groups excluding carboxylic acids is 2. The minimum absolute atomic E-state index is 0.131. The van der Waals surface area contributed by atoms with Crippen molar-refractivity contribution >= 4 is 40.7 Å². The second-order valence-electron chi connectivity index (χ2n) is 9.73. The number of nitrogens with zero attached hydrogens (tertiary/aromatic N) is 3. The number of halogens is 2. The summed E-state index contributed by atoms with van der Waals surface area (Å²) in [7, 11) is 0. The van der Waals surface area contributed by atoms with Crippen LogP contribution in [0.25, 0.3) is 11.1 Å². The molecular weight excluding hydrogens is 535 g/mol. The topological polar surface area (TPSA) is 96.7 Å². The van der Waals surface area contributed by atoms with Crippen molar-refractivity contribution in [2.45, 2.75) is 31.9 Å². The number of nitriles is 1. The Kier molecular flexibility index (Phi) is 9.60. The first-order valence-corrected chi connectivity index (χ1v) is 13.5. The van der Waals surface area contributed by atoms with E-state index >= 15 is 0 Å². The highest BCUT2D eigenvalue weighted by atomic mass is 35.5. The third kappa shape index (κ3) is 7.81. The summed E-state index contributed by atoms with van der Waals surface area (Å²) in [6.45, 7) is 3.24. The van der Waals surface area contributed by atoms with Crippen LogP contribution in [0.5, 0.6) is 0 Å². The van der Waals surface area contributed by atoms with E-state index in [0.717, 1.165) is 16.7 Å². The molecule has 0 aromatic heterocycles. The molecule has 0 saturated carbocycles. The van der Waals surface area contributed by atoms with Crippen LogP contribution < -0.4 is 5.32 Å². The quantitative estimate of drug-likeness (QED) is 0.381. The summed E-state index contributed by atoms with van der Waals surface area (Å²) in [5, 5.41) is 22.7. The fourth-order valence-electron chi connectivity index (χ4n) is 4.67. The number of carbonyl (C=O) groups is 2. The molecule has 7 nitrogen and oxygen atoms in total. The number of hydrogen-bond donors (Lipinski definition) is 2. The molecule has 0 bridgehead atoms. The van der Waals surface area contributed by atoms with Gasteiger partial charge in [0.15, 0.2) is 0 Å². The van der Waals surface area contributed by atoms with Gasteiger partial charge in [-0.15, -0.1) is 0 Å². The van der Waals surface area contributed by atoms with Gasteiger partial charge < -0.3 is 15.3 Å². The summed E-state index contributed by atoms with van der Waals surface area (Å²) in [5.74, 6) is -0.531. The van der Waals surface area contributed by atoms with Crippen LogP contribution in [0, 0.1) is 11.3 Å². The van der Waals surface area contributed by atoms with Gasteiger partial charge >= 0.3 is 0 Å². The fraction of sp³-hybridized carbons (Fsp3) is 0.300. The van der Waals surface area contributed by atoms with Crippen LogP contribution in [0.15, 0.2) is 66.7 Å². The van der Waals surface area contributed by atoms with E-state index in [1.165, 1.54) is 0 Å². The highest BCUT2D eigenvalue weighted by Gasteiger charge is 2.29. The molecule has 4 rings (SSSR count). The van der Waals surface area contributed by atoms with E-state index in [-0.39, 0.29) is 18.4 Å². The molecule has 1 unspecified atom stereocenters. The Hall–Kier alpha value is -3.41. The van der Waals surface area contributed by atoms with Gasteiger partial charge in [-0.3, -0.25) is 14.5 Å². The van der Waals surface area contributed by atoms with Crippen LogP contribution in [-0.2, 0) is 16.0 Å². The smallest absolute Gasteiger partial charge is 0.246 e. The average Bonchev–Trinajstić information content (AvgIpc) is 3.32. The van der Waals surface area contributed by atoms with Crippen molar-refractivity contribution in [3.8, 4) is 17.2 Å². The van der Waals surface area contributed by atoms with Gasteiger partial charge in [0.2, 0.25) is 11.8 Å². The second-order valence-corrected chi connectivity index (χ2v) is 10.6. The number of aliphatic hydroxyl groups excluding tert-OH is 1. The largest absolute Gasteiger partial charge is 0.392 e. The number of aliphatic hydroxyl groups is 1. The molecule has 2 atom stereocenters. The van der Waals surface area contributed by atoms with Crippen molar-refractivity contribution in [1.29, 1.82) is 5.26 Å². The third-order valence-corrected chi connectivity index (χ3v) is 7.26. The molecule has 2 amide bonds. The molecule has 9 heteroatoms. The lowest BCUT2D eigenvalue weighted by molar-refractivity contribution is -0.138. The molecule has 3 aromatic carbocycles. The van der Waals surface area contributed by atoms with Crippen LogP contribution >= 0.6 is 23.2 Å². The highest BCUT2D eigenvalue weighted by Crippen LogP contribution is 2.24. The van der Waals surface area contributed by atoms with Gasteiger partial charge in [0, 0.05) is 35.4 Å². The lowest BCUT2D eigenvalue weighted by Crippen LogP contribution is -2.49. The van der Waals surface area contributed by atoms with Gasteiger partial charge in [0.1, 0.15) is 6.04 Å². The van der Waals surface area contributed by atoms with E-state index in [1.807, 2.05) is 47.4 Å². The zero-order chi connectivity index (χ0) is 27.9. The second kappa shape index (κ2) is 13.1. The number of rotatable bonds is 9. The molecule has 0 spiro atoms. The van der Waals surface area contributed by atoms with Gasteiger partial charge in [-0.1, -0.05) is 59.6 Å². The van der Waals surface area contributed by atoms with Gasteiger partial charge in [0.05, 0.1) is 24.3 Å². The van der Waals surface area contributed by atoms with E-state index in [0.29, 0.717) is 53.8 Å². The Morgan fingerprint density at radius 1 is 1.10 bits per heavy atom. The van der Waals surface area contributed by atoms with Crippen molar-refractivity contribution in [1.82, 2.24) is 9.80 Å². The molecule has 39 heavy (non-hydrogen) atoms. The summed E-state index contributed by atoms with van der Waals surface area (Å²) in [6.07, 6.45) is 0.739.